The summed E-state index contributed by atoms with van der Waals surface area (Å²) in [4.78, 5) is 8.90. The average Bonchev–Trinajstić information content (AvgIpc) is 3.43. The van der Waals surface area contributed by atoms with Gasteiger partial charge in [-0.15, -0.1) is 10.2 Å². The van der Waals surface area contributed by atoms with Gasteiger partial charge in [-0.3, -0.25) is 4.40 Å². The zero-order valence-electron chi connectivity index (χ0n) is 16.7. The van der Waals surface area contributed by atoms with E-state index in [1.807, 2.05) is 17.4 Å². The van der Waals surface area contributed by atoms with Crippen LogP contribution in [-0.2, 0) is 19.3 Å². The molecular weight excluding hydrogens is 385 g/mol. The van der Waals surface area contributed by atoms with Crippen LogP contribution in [0.15, 0.2) is 36.9 Å². The number of aryl methyl sites for hydroxylation is 1. The van der Waals surface area contributed by atoms with Crippen LogP contribution >= 0.6 is 0 Å². The molecule has 7 nitrogen and oxygen atoms in total. The molecule has 3 aromatic heterocycles. The molecule has 1 aliphatic heterocycles. The lowest BCUT2D eigenvalue weighted by Gasteiger charge is -2.12. The normalized spacial score (nSPS) is 12.8. The fourth-order valence-electron chi connectivity index (χ4n) is 4.08. The predicted molar refractivity (Wildman–Crippen MR) is 108 cm³/mol. The Bertz CT molecular complexity index is 1250. The molecule has 4 aromatic rings. The van der Waals surface area contributed by atoms with Crippen molar-refractivity contribution in [2.24, 2.45) is 0 Å². The first kappa shape index (κ1) is 18.5. The zero-order valence-corrected chi connectivity index (χ0v) is 16.7. The van der Waals surface area contributed by atoms with Crippen molar-refractivity contribution in [2.75, 3.05) is 13.7 Å². The maximum absolute atomic E-state index is 14.5. The van der Waals surface area contributed by atoms with Crippen molar-refractivity contribution in [3.05, 3.63) is 65.3 Å². The van der Waals surface area contributed by atoms with Crippen molar-refractivity contribution in [2.45, 2.75) is 26.2 Å². The minimum atomic E-state index is -0.199. The molecule has 4 heterocycles. The van der Waals surface area contributed by atoms with Crippen molar-refractivity contribution in [3.63, 3.8) is 0 Å². The van der Waals surface area contributed by atoms with Gasteiger partial charge in [0.25, 0.3) is 0 Å². The van der Waals surface area contributed by atoms with Crippen LogP contribution in [-0.4, -0.2) is 38.3 Å². The molecule has 152 valence electrons. The Kier molecular flexibility index (Phi) is 4.54. The zero-order chi connectivity index (χ0) is 20.7. The summed E-state index contributed by atoms with van der Waals surface area (Å²) in [5, 5.41) is 8.38. The fourth-order valence-corrected chi connectivity index (χ4v) is 4.08. The minimum absolute atomic E-state index is 0.199. The average molecular weight is 405 g/mol. The number of methoxy groups -OCH3 is 1. The summed E-state index contributed by atoms with van der Waals surface area (Å²) in [5.74, 6) is 1.92. The molecule has 0 bridgehead atoms. The second-order valence-corrected chi connectivity index (χ2v) is 7.21. The smallest absolute Gasteiger partial charge is 0.216 e. The number of hydrogen-bond acceptors (Lipinski definition) is 6. The van der Waals surface area contributed by atoms with E-state index in [-0.39, 0.29) is 5.82 Å². The Labute approximate surface area is 172 Å². The van der Waals surface area contributed by atoms with Crippen LogP contribution in [0.5, 0.6) is 11.6 Å². The molecule has 0 aliphatic carbocycles. The van der Waals surface area contributed by atoms with Crippen LogP contribution in [0, 0.1) is 12.7 Å². The highest BCUT2D eigenvalue weighted by atomic mass is 19.1. The predicted octanol–water partition coefficient (Wildman–Crippen LogP) is 3.36. The quantitative estimate of drug-likeness (QED) is 0.507. The number of benzene rings is 1. The molecule has 0 spiro atoms. The molecular formula is C22H20FN5O2. The van der Waals surface area contributed by atoms with Crippen LogP contribution in [0.3, 0.4) is 0 Å². The number of rotatable bonds is 5. The lowest BCUT2D eigenvalue weighted by molar-refractivity contribution is 0.356. The second-order valence-electron chi connectivity index (χ2n) is 7.21. The molecule has 0 unspecified atom stereocenters. The van der Waals surface area contributed by atoms with Crippen molar-refractivity contribution >= 4 is 5.65 Å². The first-order chi connectivity index (χ1) is 14.7. The van der Waals surface area contributed by atoms with E-state index >= 15 is 0 Å². The highest BCUT2D eigenvalue weighted by molar-refractivity contribution is 5.79. The van der Waals surface area contributed by atoms with Crippen LogP contribution in [0.4, 0.5) is 4.39 Å². The van der Waals surface area contributed by atoms with Gasteiger partial charge in [0, 0.05) is 41.9 Å². The molecule has 0 saturated carbocycles. The third-order valence-corrected chi connectivity index (χ3v) is 5.59. The van der Waals surface area contributed by atoms with Crippen molar-refractivity contribution in [3.8, 4) is 22.8 Å². The number of halogens is 1. The van der Waals surface area contributed by atoms with Gasteiger partial charge in [-0.1, -0.05) is 0 Å². The molecule has 0 radical (unpaired) electrons. The number of hydrogen-bond donors (Lipinski definition) is 0. The van der Waals surface area contributed by atoms with Crippen molar-refractivity contribution < 1.29 is 13.9 Å². The molecule has 0 saturated heterocycles. The number of pyridine rings is 1. The van der Waals surface area contributed by atoms with Gasteiger partial charge in [0.15, 0.2) is 5.65 Å². The second kappa shape index (κ2) is 7.37. The number of aromatic nitrogens is 5. The largest absolute Gasteiger partial charge is 0.493 e. The van der Waals surface area contributed by atoms with Crippen LogP contribution in [0.1, 0.15) is 22.5 Å². The molecule has 0 amide bonds. The van der Waals surface area contributed by atoms with Crippen molar-refractivity contribution in [1.82, 2.24) is 24.6 Å². The lowest BCUT2D eigenvalue weighted by Crippen LogP contribution is -2.06. The molecule has 0 fully saturated rings. The van der Waals surface area contributed by atoms with E-state index in [0.717, 1.165) is 40.2 Å². The van der Waals surface area contributed by atoms with Gasteiger partial charge in [-0.05, 0) is 42.7 Å². The van der Waals surface area contributed by atoms with Gasteiger partial charge in [0.1, 0.15) is 23.7 Å². The number of nitrogens with zero attached hydrogens (tertiary/aromatic N) is 5. The monoisotopic (exact) mass is 405 g/mol. The molecule has 30 heavy (non-hydrogen) atoms. The molecule has 1 aromatic carbocycles. The van der Waals surface area contributed by atoms with E-state index < -0.39 is 0 Å². The third kappa shape index (κ3) is 2.96. The first-order valence-electron chi connectivity index (χ1n) is 9.78. The third-order valence-electron chi connectivity index (χ3n) is 5.59. The van der Waals surface area contributed by atoms with Gasteiger partial charge in [0.2, 0.25) is 5.88 Å². The summed E-state index contributed by atoms with van der Waals surface area (Å²) >= 11 is 0. The van der Waals surface area contributed by atoms with Gasteiger partial charge in [-0.25, -0.2) is 14.4 Å². The van der Waals surface area contributed by atoms with Gasteiger partial charge < -0.3 is 9.47 Å². The van der Waals surface area contributed by atoms with Gasteiger partial charge >= 0.3 is 0 Å². The number of fused-ring (bicyclic) bond motifs is 2. The van der Waals surface area contributed by atoms with Crippen LogP contribution in [0.2, 0.25) is 0 Å². The van der Waals surface area contributed by atoms with E-state index in [0.29, 0.717) is 36.5 Å². The SMILES string of the molecule is COc1nccc(-c2cnc(CCc3c(F)ccc4c3CCO4)n3cnnc23)c1C. The van der Waals surface area contributed by atoms with E-state index in [4.69, 9.17) is 9.47 Å². The summed E-state index contributed by atoms with van der Waals surface area (Å²) in [6.45, 7) is 2.55. The summed E-state index contributed by atoms with van der Waals surface area (Å²) in [5.41, 5.74) is 5.04. The van der Waals surface area contributed by atoms with E-state index in [1.165, 1.54) is 6.07 Å². The van der Waals surface area contributed by atoms with Gasteiger partial charge in [0.05, 0.1) is 13.7 Å². The van der Waals surface area contributed by atoms with E-state index in [1.54, 1.807) is 31.9 Å². The molecule has 8 heteroatoms. The molecule has 5 rings (SSSR count). The van der Waals surface area contributed by atoms with Crippen LogP contribution in [0.25, 0.3) is 16.8 Å². The fraction of sp³-hybridized carbons (Fsp3) is 0.273. The lowest BCUT2D eigenvalue weighted by atomic mass is 9.99. The maximum Gasteiger partial charge on any atom is 0.216 e. The topological polar surface area (TPSA) is 74.4 Å². The van der Waals surface area contributed by atoms with Crippen LogP contribution < -0.4 is 9.47 Å². The molecule has 1 aliphatic rings. The first-order valence-corrected chi connectivity index (χ1v) is 9.78. The Morgan fingerprint density at radius 1 is 1.17 bits per heavy atom. The minimum Gasteiger partial charge on any atom is -0.493 e. The van der Waals surface area contributed by atoms with Gasteiger partial charge in [-0.2, -0.15) is 0 Å². The standard InChI is InChI=1S/C22H20FN5O2/c1-13-14(7-9-24-22(13)29-2)17-11-25-20(28-12-26-27-21(17)28)6-3-15-16-8-10-30-19(16)5-4-18(15)23/h4-5,7,9,11-12H,3,6,8,10H2,1-2H3. The summed E-state index contributed by atoms with van der Waals surface area (Å²) < 4.78 is 27.3. The summed E-state index contributed by atoms with van der Waals surface area (Å²) in [6.07, 6.45) is 6.95. The highest BCUT2D eigenvalue weighted by Gasteiger charge is 2.20. The Hall–Kier alpha value is -3.55. The maximum atomic E-state index is 14.5. The Morgan fingerprint density at radius 3 is 2.93 bits per heavy atom. The Morgan fingerprint density at radius 2 is 2.07 bits per heavy atom. The number of ether oxygens (including phenoxy) is 2. The van der Waals surface area contributed by atoms with Crippen molar-refractivity contribution in [1.29, 1.82) is 0 Å². The van der Waals surface area contributed by atoms with E-state index in [2.05, 4.69) is 20.2 Å². The summed E-state index contributed by atoms with van der Waals surface area (Å²) in [6, 6.07) is 5.09. The Balaban J connectivity index is 1.51. The molecule has 0 N–H and O–H groups in total. The highest BCUT2D eigenvalue weighted by Crippen LogP contribution is 2.32. The molecule has 0 atom stereocenters. The summed E-state index contributed by atoms with van der Waals surface area (Å²) in [7, 11) is 1.59. The van der Waals surface area contributed by atoms with E-state index in [9.17, 15) is 4.39 Å².